The molecule has 1 amide bonds. The SMILES string of the molecule is O=C(NCCc1nnc(SCC2CCCO2)n1-c1ccccc1F)c1cccs1. The Morgan fingerprint density at radius 2 is 2.21 bits per heavy atom. The number of nitrogens with one attached hydrogen (secondary N) is 1. The zero-order chi connectivity index (χ0) is 20.1. The van der Waals surface area contributed by atoms with Crippen LogP contribution in [0.3, 0.4) is 0 Å². The second kappa shape index (κ2) is 9.51. The Morgan fingerprint density at radius 1 is 1.31 bits per heavy atom. The fourth-order valence-electron chi connectivity index (χ4n) is 3.16. The van der Waals surface area contributed by atoms with Crippen LogP contribution >= 0.6 is 23.1 Å². The number of ether oxygens (including phenoxy) is 1. The summed E-state index contributed by atoms with van der Waals surface area (Å²) in [6, 6.07) is 10.2. The molecule has 152 valence electrons. The van der Waals surface area contributed by atoms with Gasteiger partial charge in [-0.25, -0.2) is 4.39 Å². The summed E-state index contributed by atoms with van der Waals surface area (Å²) in [7, 11) is 0. The highest BCUT2D eigenvalue weighted by molar-refractivity contribution is 7.99. The van der Waals surface area contributed by atoms with Gasteiger partial charge in [-0.1, -0.05) is 30.0 Å². The Balaban J connectivity index is 1.49. The molecular weight excluding hydrogens is 411 g/mol. The molecule has 9 heteroatoms. The summed E-state index contributed by atoms with van der Waals surface area (Å²) in [5.74, 6) is 0.901. The van der Waals surface area contributed by atoms with Gasteiger partial charge < -0.3 is 10.1 Å². The predicted octanol–water partition coefficient (Wildman–Crippen LogP) is 3.71. The molecule has 6 nitrogen and oxygen atoms in total. The van der Waals surface area contributed by atoms with Crippen LogP contribution in [0.4, 0.5) is 4.39 Å². The quantitative estimate of drug-likeness (QED) is 0.550. The van der Waals surface area contributed by atoms with Crippen LogP contribution in [0, 0.1) is 5.82 Å². The zero-order valence-electron chi connectivity index (χ0n) is 15.7. The van der Waals surface area contributed by atoms with Crippen molar-refractivity contribution in [3.05, 3.63) is 58.3 Å². The average Bonchev–Trinajstić information content (AvgIpc) is 3.49. The molecule has 1 fully saturated rings. The highest BCUT2D eigenvalue weighted by Crippen LogP contribution is 2.27. The molecule has 4 rings (SSSR count). The Hall–Kier alpha value is -2.23. The number of rotatable bonds is 8. The maximum atomic E-state index is 14.5. The standard InChI is InChI=1S/C20H21FN4O2S2/c21-15-6-1-2-7-16(15)25-18(9-10-22-19(26)17-8-4-12-28-17)23-24-20(25)29-13-14-5-3-11-27-14/h1-2,4,6-8,12,14H,3,5,9-11,13H2,(H,22,26). The van der Waals surface area contributed by atoms with Gasteiger partial charge in [-0.3, -0.25) is 9.36 Å². The number of thioether (sulfide) groups is 1. The Bertz CT molecular complexity index is 955. The number of hydrogen-bond donors (Lipinski definition) is 1. The summed E-state index contributed by atoms with van der Waals surface area (Å²) < 4.78 is 21.9. The molecule has 1 atom stereocenters. The van der Waals surface area contributed by atoms with Gasteiger partial charge in [0.25, 0.3) is 5.91 Å². The largest absolute Gasteiger partial charge is 0.377 e. The molecule has 2 aromatic heterocycles. The van der Waals surface area contributed by atoms with E-state index in [2.05, 4.69) is 15.5 Å². The van der Waals surface area contributed by atoms with Crippen LogP contribution in [-0.4, -0.2) is 45.7 Å². The first-order valence-corrected chi connectivity index (χ1v) is 11.3. The normalized spacial score (nSPS) is 16.2. The van der Waals surface area contributed by atoms with Gasteiger partial charge in [0.2, 0.25) is 0 Å². The fourth-order valence-corrected chi connectivity index (χ4v) is 4.83. The number of aromatic nitrogens is 3. The van der Waals surface area contributed by atoms with Crippen LogP contribution < -0.4 is 5.32 Å². The van der Waals surface area contributed by atoms with E-state index in [0.717, 1.165) is 25.2 Å². The van der Waals surface area contributed by atoms with Gasteiger partial charge >= 0.3 is 0 Å². The summed E-state index contributed by atoms with van der Waals surface area (Å²) in [5, 5.41) is 13.9. The number of thiophene rings is 1. The van der Waals surface area contributed by atoms with E-state index in [1.807, 2.05) is 11.4 Å². The van der Waals surface area contributed by atoms with E-state index in [1.54, 1.807) is 28.8 Å². The van der Waals surface area contributed by atoms with Crippen LogP contribution in [0.2, 0.25) is 0 Å². The lowest BCUT2D eigenvalue weighted by Crippen LogP contribution is -2.25. The average molecular weight is 433 g/mol. The lowest BCUT2D eigenvalue weighted by atomic mass is 10.3. The van der Waals surface area contributed by atoms with Crippen LogP contribution in [0.25, 0.3) is 5.69 Å². The van der Waals surface area contributed by atoms with Crippen LogP contribution in [0.15, 0.2) is 46.9 Å². The van der Waals surface area contributed by atoms with Gasteiger partial charge in [-0.05, 0) is 36.4 Å². The summed E-state index contributed by atoms with van der Waals surface area (Å²) in [6.07, 6.45) is 2.74. The van der Waals surface area contributed by atoms with E-state index < -0.39 is 0 Å². The number of nitrogens with zero attached hydrogens (tertiary/aromatic N) is 3. The minimum Gasteiger partial charge on any atom is -0.377 e. The number of amides is 1. The maximum absolute atomic E-state index is 14.5. The highest BCUT2D eigenvalue weighted by Gasteiger charge is 2.21. The number of hydrogen-bond acceptors (Lipinski definition) is 6. The number of benzene rings is 1. The van der Waals surface area contributed by atoms with Crippen molar-refractivity contribution in [1.29, 1.82) is 0 Å². The van der Waals surface area contributed by atoms with Gasteiger partial charge in [-0.2, -0.15) is 0 Å². The first kappa shape index (κ1) is 20.1. The van der Waals surface area contributed by atoms with E-state index in [0.29, 0.717) is 34.5 Å². The molecule has 0 saturated carbocycles. The third-order valence-corrected chi connectivity index (χ3v) is 6.52. The topological polar surface area (TPSA) is 69.0 Å². The van der Waals surface area contributed by atoms with Crippen molar-refractivity contribution in [2.45, 2.75) is 30.5 Å². The summed E-state index contributed by atoms with van der Waals surface area (Å²) in [4.78, 5) is 12.8. The van der Waals surface area contributed by atoms with Crippen molar-refractivity contribution >= 4 is 29.0 Å². The van der Waals surface area contributed by atoms with Crippen molar-refractivity contribution in [1.82, 2.24) is 20.1 Å². The van der Waals surface area contributed by atoms with Crippen molar-refractivity contribution in [3.63, 3.8) is 0 Å². The molecule has 1 N–H and O–H groups in total. The molecule has 0 aliphatic carbocycles. The summed E-state index contributed by atoms with van der Waals surface area (Å²) in [6.45, 7) is 1.18. The van der Waals surface area contributed by atoms with Gasteiger partial charge in [0, 0.05) is 25.3 Å². The third-order valence-electron chi connectivity index (χ3n) is 4.60. The van der Waals surface area contributed by atoms with E-state index in [9.17, 15) is 9.18 Å². The second-order valence-corrected chi connectivity index (χ2v) is 8.55. The Kier molecular flexibility index (Phi) is 6.58. The molecule has 1 aliphatic rings. The van der Waals surface area contributed by atoms with Crippen molar-refractivity contribution < 1.29 is 13.9 Å². The molecule has 0 bridgehead atoms. The van der Waals surface area contributed by atoms with E-state index in [-0.39, 0.29) is 17.8 Å². The van der Waals surface area contributed by atoms with E-state index in [4.69, 9.17) is 4.74 Å². The number of carbonyl (C=O) groups is 1. The minimum atomic E-state index is -0.338. The van der Waals surface area contributed by atoms with Crippen molar-refractivity contribution in [2.24, 2.45) is 0 Å². The first-order valence-electron chi connectivity index (χ1n) is 9.47. The van der Waals surface area contributed by atoms with Gasteiger partial charge in [0.1, 0.15) is 11.6 Å². The first-order chi connectivity index (χ1) is 14.2. The molecule has 1 aliphatic heterocycles. The number of para-hydroxylation sites is 1. The Morgan fingerprint density at radius 3 is 2.97 bits per heavy atom. The smallest absolute Gasteiger partial charge is 0.261 e. The van der Waals surface area contributed by atoms with Gasteiger partial charge in [-0.15, -0.1) is 21.5 Å². The van der Waals surface area contributed by atoms with E-state index >= 15 is 0 Å². The number of carbonyl (C=O) groups excluding carboxylic acids is 1. The molecular formula is C20H21FN4O2S2. The maximum Gasteiger partial charge on any atom is 0.261 e. The molecule has 1 aromatic carbocycles. The minimum absolute atomic E-state index is 0.120. The van der Waals surface area contributed by atoms with E-state index in [1.165, 1.54) is 29.2 Å². The fraction of sp³-hybridized carbons (Fsp3) is 0.350. The van der Waals surface area contributed by atoms with Crippen molar-refractivity contribution in [2.75, 3.05) is 18.9 Å². The van der Waals surface area contributed by atoms with Crippen LogP contribution in [0.1, 0.15) is 28.3 Å². The van der Waals surface area contributed by atoms with Crippen LogP contribution in [0.5, 0.6) is 0 Å². The van der Waals surface area contributed by atoms with Gasteiger partial charge in [0.05, 0.1) is 16.7 Å². The molecule has 0 radical (unpaired) electrons. The molecule has 1 unspecified atom stereocenters. The molecule has 0 spiro atoms. The Labute approximate surface area is 176 Å². The molecule has 3 aromatic rings. The zero-order valence-corrected chi connectivity index (χ0v) is 17.3. The van der Waals surface area contributed by atoms with Gasteiger partial charge in [0.15, 0.2) is 5.16 Å². The molecule has 29 heavy (non-hydrogen) atoms. The molecule has 1 saturated heterocycles. The third kappa shape index (κ3) is 4.85. The predicted molar refractivity (Wildman–Crippen MR) is 111 cm³/mol. The number of halogens is 1. The summed E-state index contributed by atoms with van der Waals surface area (Å²) >= 11 is 2.91. The lowest BCUT2D eigenvalue weighted by Gasteiger charge is -2.13. The monoisotopic (exact) mass is 432 g/mol. The second-order valence-electron chi connectivity index (χ2n) is 6.61. The lowest BCUT2D eigenvalue weighted by molar-refractivity contribution is 0.0958. The molecule has 3 heterocycles. The summed E-state index contributed by atoms with van der Waals surface area (Å²) in [5.41, 5.74) is 0.409. The van der Waals surface area contributed by atoms with Crippen molar-refractivity contribution in [3.8, 4) is 5.69 Å². The van der Waals surface area contributed by atoms with Crippen LogP contribution in [-0.2, 0) is 11.2 Å². The highest BCUT2D eigenvalue weighted by atomic mass is 32.2.